The average molecular weight is 541 g/mol. The maximum absolute atomic E-state index is 14.5. The first kappa shape index (κ1) is 28.2. The van der Waals surface area contributed by atoms with Crippen LogP contribution in [0.5, 0.6) is 0 Å². The predicted molar refractivity (Wildman–Crippen MR) is 156 cm³/mol. The van der Waals surface area contributed by atoms with Gasteiger partial charge in [0.1, 0.15) is 0 Å². The van der Waals surface area contributed by atoms with Gasteiger partial charge in [-0.3, -0.25) is 4.79 Å². The van der Waals surface area contributed by atoms with E-state index in [0.29, 0.717) is 35.5 Å². The van der Waals surface area contributed by atoms with E-state index in [1.165, 1.54) is 24.8 Å². The van der Waals surface area contributed by atoms with Crippen LogP contribution in [0, 0.1) is 56.7 Å². The average Bonchev–Trinajstić information content (AvgIpc) is 3.33. The van der Waals surface area contributed by atoms with Crippen molar-refractivity contribution in [2.24, 2.45) is 56.7 Å². The van der Waals surface area contributed by atoms with E-state index in [-0.39, 0.29) is 28.3 Å². The Labute approximate surface area is 237 Å². The molecule has 0 aromatic carbocycles. The number of carbonyl (C=O) groups is 1. The maximum Gasteiger partial charge on any atom is 0.229 e. The molecule has 220 valence electrons. The number of piperazine rings is 1. The molecule has 5 nitrogen and oxygen atoms in total. The largest absolute Gasteiger partial charge is 0.396 e. The summed E-state index contributed by atoms with van der Waals surface area (Å²) >= 11 is 0. The van der Waals surface area contributed by atoms with Crippen molar-refractivity contribution < 1.29 is 15.0 Å². The normalized spacial score (nSPS) is 53.3. The fourth-order valence-corrected chi connectivity index (χ4v) is 12.7. The van der Waals surface area contributed by atoms with Crippen molar-refractivity contribution in [2.75, 3.05) is 32.8 Å². The molecule has 4 unspecified atom stereocenters. The summed E-state index contributed by atoms with van der Waals surface area (Å²) in [6.45, 7) is 20.3. The molecule has 0 aromatic rings. The van der Waals surface area contributed by atoms with Crippen LogP contribution in [0.15, 0.2) is 12.2 Å². The molecular weight excluding hydrogens is 484 g/mol. The van der Waals surface area contributed by atoms with Crippen LogP contribution in [-0.2, 0) is 4.79 Å². The van der Waals surface area contributed by atoms with Gasteiger partial charge >= 0.3 is 0 Å². The minimum absolute atomic E-state index is 0.0801. The van der Waals surface area contributed by atoms with E-state index in [0.717, 1.165) is 71.1 Å². The summed E-state index contributed by atoms with van der Waals surface area (Å²) in [6, 6.07) is 0. The number of allylic oxidation sites excluding steroid dienone is 1. The molecule has 6 fully saturated rings. The highest BCUT2D eigenvalue weighted by atomic mass is 16.3. The summed E-state index contributed by atoms with van der Waals surface area (Å²) in [5.74, 6) is 2.85. The Balaban J connectivity index is 1.38. The van der Waals surface area contributed by atoms with Crippen molar-refractivity contribution in [3.8, 4) is 0 Å². The number of rotatable bonds is 3. The van der Waals surface area contributed by atoms with Crippen molar-refractivity contribution in [2.45, 2.75) is 105 Å². The molecule has 6 rings (SSSR count). The molecule has 39 heavy (non-hydrogen) atoms. The van der Waals surface area contributed by atoms with Crippen LogP contribution < -0.4 is 5.32 Å². The second-order valence-electron chi connectivity index (χ2n) is 16.1. The lowest BCUT2D eigenvalue weighted by Crippen LogP contribution is -2.68. The topological polar surface area (TPSA) is 72.8 Å². The Morgan fingerprint density at radius 1 is 0.897 bits per heavy atom. The van der Waals surface area contributed by atoms with Crippen LogP contribution in [-0.4, -0.2) is 59.9 Å². The summed E-state index contributed by atoms with van der Waals surface area (Å²) in [5, 5.41) is 25.0. The number of carbonyl (C=O) groups excluding carboxylic acids is 1. The van der Waals surface area contributed by atoms with Gasteiger partial charge in [0, 0.05) is 31.6 Å². The zero-order valence-electron chi connectivity index (χ0n) is 25.5. The lowest BCUT2D eigenvalue weighted by Gasteiger charge is -2.73. The Hall–Kier alpha value is -0.910. The molecule has 0 spiro atoms. The van der Waals surface area contributed by atoms with Crippen molar-refractivity contribution in [3.05, 3.63) is 12.2 Å². The van der Waals surface area contributed by atoms with Gasteiger partial charge < -0.3 is 20.4 Å². The van der Waals surface area contributed by atoms with Crippen molar-refractivity contribution in [1.29, 1.82) is 0 Å². The first-order valence-corrected chi connectivity index (χ1v) is 16.3. The highest BCUT2D eigenvalue weighted by Crippen LogP contribution is 2.77. The first-order chi connectivity index (χ1) is 18.4. The number of fused-ring (bicyclic) bond motifs is 7. The number of hydrogen-bond acceptors (Lipinski definition) is 4. The highest BCUT2D eigenvalue weighted by Gasteiger charge is 2.72. The lowest BCUT2D eigenvalue weighted by atomic mass is 9.32. The molecule has 0 aromatic heterocycles. The lowest BCUT2D eigenvalue weighted by molar-refractivity contribution is -0.253. The Kier molecular flexibility index (Phi) is 6.73. The van der Waals surface area contributed by atoms with E-state index >= 15 is 0 Å². The van der Waals surface area contributed by atoms with E-state index < -0.39 is 11.5 Å². The minimum atomic E-state index is -0.405. The number of nitrogens with zero attached hydrogens (tertiary/aromatic N) is 1. The third-order valence-electron chi connectivity index (χ3n) is 15.0. The van der Waals surface area contributed by atoms with E-state index in [9.17, 15) is 15.0 Å². The second kappa shape index (κ2) is 9.30. The summed E-state index contributed by atoms with van der Waals surface area (Å²) in [7, 11) is 0. The van der Waals surface area contributed by atoms with Crippen LogP contribution in [0.1, 0.15) is 98.8 Å². The van der Waals surface area contributed by atoms with Gasteiger partial charge in [0.2, 0.25) is 5.91 Å². The predicted octanol–water partition coefficient (Wildman–Crippen LogP) is 5.41. The Morgan fingerprint density at radius 2 is 1.62 bits per heavy atom. The number of hydrogen-bond donors (Lipinski definition) is 3. The molecule has 1 amide bonds. The molecule has 5 aliphatic carbocycles. The Morgan fingerprint density at radius 3 is 2.28 bits per heavy atom. The van der Waals surface area contributed by atoms with Crippen molar-refractivity contribution in [1.82, 2.24) is 10.2 Å². The molecule has 1 saturated heterocycles. The quantitative estimate of drug-likeness (QED) is 0.419. The van der Waals surface area contributed by atoms with Gasteiger partial charge in [0.05, 0.1) is 18.1 Å². The van der Waals surface area contributed by atoms with Crippen LogP contribution in [0.25, 0.3) is 0 Å². The van der Waals surface area contributed by atoms with Gasteiger partial charge in [-0.2, -0.15) is 0 Å². The van der Waals surface area contributed by atoms with E-state index in [1.807, 2.05) is 0 Å². The van der Waals surface area contributed by atoms with E-state index in [1.54, 1.807) is 0 Å². The summed E-state index contributed by atoms with van der Waals surface area (Å²) in [5.41, 5.74) is 1.24. The minimum Gasteiger partial charge on any atom is -0.396 e. The molecule has 11 atom stereocenters. The second-order valence-corrected chi connectivity index (χ2v) is 16.1. The molecule has 1 heterocycles. The van der Waals surface area contributed by atoms with Crippen LogP contribution in [0.3, 0.4) is 0 Å². The van der Waals surface area contributed by atoms with Gasteiger partial charge in [0.25, 0.3) is 0 Å². The maximum atomic E-state index is 14.5. The van der Waals surface area contributed by atoms with Gasteiger partial charge in [-0.15, -0.1) is 0 Å². The highest BCUT2D eigenvalue weighted by molar-refractivity contribution is 5.84. The number of nitrogens with one attached hydrogen (secondary N) is 1. The van der Waals surface area contributed by atoms with Gasteiger partial charge in [0.15, 0.2) is 0 Å². The summed E-state index contributed by atoms with van der Waals surface area (Å²) in [4.78, 5) is 16.7. The van der Waals surface area contributed by atoms with Crippen molar-refractivity contribution in [3.63, 3.8) is 0 Å². The number of aliphatic hydroxyl groups is 2. The van der Waals surface area contributed by atoms with E-state index in [4.69, 9.17) is 0 Å². The molecule has 1 aliphatic heterocycles. The monoisotopic (exact) mass is 540 g/mol. The molecule has 5 saturated carbocycles. The summed E-state index contributed by atoms with van der Waals surface area (Å²) in [6.07, 6.45) is 10.5. The molecule has 0 bridgehead atoms. The summed E-state index contributed by atoms with van der Waals surface area (Å²) < 4.78 is 0. The van der Waals surface area contributed by atoms with Gasteiger partial charge in [-0.05, 0) is 117 Å². The molecular formula is C34H56N2O3. The number of aliphatic hydroxyl groups excluding tert-OH is 2. The van der Waals surface area contributed by atoms with Gasteiger partial charge in [-0.25, -0.2) is 0 Å². The van der Waals surface area contributed by atoms with Crippen LogP contribution in [0.2, 0.25) is 0 Å². The van der Waals surface area contributed by atoms with Crippen LogP contribution in [0.4, 0.5) is 0 Å². The third-order valence-corrected chi connectivity index (χ3v) is 15.0. The van der Waals surface area contributed by atoms with Crippen LogP contribution >= 0.6 is 0 Å². The third kappa shape index (κ3) is 3.57. The Bertz CT molecular complexity index is 1010. The van der Waals surface area contributed by atoms with E-state index in [2.05, 4.69) is 51.4 Å². The smallest absolute Gasteiger partial charge is 0.229 e. The SMILES string of the molecule is C=C(C)[C@@H]1CC[C@]2(C(=O)N3CCNCC3)CC[C@]3(C)C(CCC4[C@@]5(C)CC[C@H](O)[C@@](C)(CO)C5CC[C@]43C)C12. The fraction of sp³-hybridized carbons (Fsp3) is 0.912. The zero-order valence-corrected chi connectivity index (χ0v) is 25.5. The standard InChI is InChI=1S/C34H56N2O3/c1-22(2)23-9-14-34(29(39)36-19-17-35-18-20-36)16-15-32(5)24(28(23)34)7-8-26-30(3)12-11-27(38)31(4,21-37)25(30)10-13-33(26,32)6/h23-28,35,37-38H,1,7-21H2,2-6H3/t23-,24?,25?,26?,27-,28?,30-,31-,32+,33+,34-/m0/s1. The molecule has 5 heteroatoms. The zero-order chi connectivity index (χ0) is 28.0. The van der Waals surface area contributed by atoms with Gasteiger partial charge in [-0.1, -0.05) is 39.8 Å². The molecule has 6 aliphatic rings. The first-order valence-electron chi connectivity index (χ1n) is 16.3. The fourth-order valence-electron chi connectivity index (χ4n) is 12.7. The molecule has 0 radical (unpaired) electrons. The number of amides is 1. The molecule has 3 N–H and O–H groups in total. The van der Waals surface area contributed by atoms with Crippen molar-refractivity contribution >= 4 is 5.91 Å².